The van der Waals surface area contributed by atoms with Gasteiger partial charge >= 0.3 is 5.97 Å². The molecule has 2 aromatic rings. The largest absolute Gasteiger partial charge is 0.469 e. The smallest absolute Gasteiger partial charge is 0.307 e. The Morgan fingerprint density at radius 1 is 1.00 bits per heavy atom. The highest BCUT2D eigenvalue weighted by Gasteiger charge is 2.50. The Hall–Kier alpha value is -2.29. The second kappa shape index (κ2) is 5.60. The van der Waals surface area contributed by atoms with Crippen LogP contribution in [0.3, 0.4) is 0 Å². The monoisotopic (exact) mass is 281 g/mol. The van der Waals surface area contributed by atoms with E-state index in [0.717, 1.165) is 24.2 Å². The van der Waals surface area contributed by atoms with Crippen LogP contribution in [-0.2, 0) is 9.53 Å². The van der Waals surface area contributed by atoms with E-state index in [1.807, 2.05) is 36.4 Å². The van der Waals surface area contributed by atoms with Gasteiger partial charge in [0, 0.05) is 11.4 Å². The molecule has 108 valence electrons. The lowest BCUT2D eigenvalue weighted by molar-refractivity contribution is -0.141. The summed E-state index contributed by atoms with van der Waals surface area (Å²) in [6.45, 7) is 0. The molecule has 0 amide bonds. The Labute approximate surface area is 125 Å². The van der Waals surface area contributed by atoms with Crippen molar-refractivity contribution in [2.24, 2.45) is 0 Å². The lowest BCUT2D eigenvalue weighted by Crippen LogP contribution is -2.35. The summed E-state index contributed by atoms with van der Waals surface area (Å²) < 4.78 is 4.88. The number of rotatable bonds is 5. The first-order chi connectivity index (χ1) is 10.2. The molecule has 0 spiro atoms. The zero-order valence-electron chi connectivity index (χ0n) is 12.2. The van der Waals surface area contributed by atoms with Gasteiger partial charge < -0.3 is 9.64 Å². The molecule has 3 heteroatoms. The van der Waals surface area contributed by atoms with E-state index in [1.165, 1.54) is 7.11 Å². The van der Waals surface area contributed by atoms with Gasteiger partial charge in [-0.25, -0.2) is 0 Å². The molecule has 0 saturated heterocycles. The Morgan fingerprint density at radius 2 is 1.48 bits per heavy atom. The highest BCUT2D eigenvalue weighted by Crippen LogP contribution is 2.50. The predicted molar refractivity (Wildman–Crippen MR) is 83.6 cm³/mol. The molecule has 2 aromatic carbocycles. The molecular weight excluding hydrogens is 262 g/mol. The minimum atomic E-state index is -0.149. The van der Waals surface area contributed by atoms with Crippen LogP contribution in [0.1, 0.15) is 19.3 Å². The van der Waals surface area contributed by atoms with Crippen molar-refractivity contribution in [3.63, 3.8) is 0 Å². The summed E-state index contributed by atoms with van der Waals surface area (Å²) in [5.41, 5.74) is 2.09. The quantitative estimate of drug-likeness (QED) is 0.778. The molecule has 0 heterocycles. The minimum absolute atomic E-state index is 0.143. The SMILES string of the molecule is COC(=O)CC1(N(c2ccccc2)c2ccccc2)CC1. The summed E-state index contributed by atoms with van der Waals surface area (Å²) in [6.07, 6.45) is 2.44. The molecule has 21 heavy (non-hydrogen) atoms. The molecule has 3 nitrogen and oxygen atoms in total. The van der Waals surface area contributed by atoms with Crippen molar-refractivity contribution < 1.29 is 9.53 Å². The van der Waals surface area contributed by atoms with Crippen LogP contribution < -0.4 is 4.90 Å². The summed E-state index contributed by atoms with van der Waals surface area (Å²) in [5.74, 6) is -0.149. The number of nitrogens with zero attached hydrogens (tertiary/aromatic N) is 1. The Bertz CT molecular complexity index is 566. The zero-order valence-corrected chi connectivity index (χ0v) is 12.2. The van der Waals surface area contributed by atoms with Gasteiger partial charge in [-0.05, 0) is 37.1 Å². The number of anilines is 2. The Kier molecular flexibility index (Phi) is 3.65. The molecule has 0 bridgehead atoms. The third kappa shape index (κ3) is 2.77. The molecule has 0 aromatic heterocycles. The second-order valence-electron chi connectivity index (χ2n) is 5.48. The van der Waals surface area contributed by atoms with Gasteiger partial charge in [-0.1, -0.05) is 36.4 Å². The van der Waals surface area contributed by atoms with Crippen molar-refractivity contribution in [3.8, 4) is 0 Å². The van der Waals surface area contributed by atoms with Crippen LogP contribution in [0, 0.1) is 0 Å². The van der Waals surface area contributed by atoms with E-state index in [4.69, 9.17) is 4.74 Å². The van der Waals surface area contributed by atoms with Gasteiger partial charge in [-0.15, -0.1) is 0 Å². The van der Waals surface area contributed by atoms with Gasteiger partial charge in [-0.3, -0.25) is 4.79 Å². The highest BCUT2D eigenvalue weighted by atomic mass is 16.5. The molecule has 1 saturated carbocycles. The maximum Gasteiger partial charge on any atom is 0.307 e. The maximum atomic E-state index is 11.8. The van der Waals surface area contributed by atoms with Crippen molar-refractivity contribution in [2.75, 3.05) is 12.0 Å². The highest BCUT2D eigenvalue weighted by molar-refractivity contribution is 5.76. The number of ether oxygens (including phenoxy) is 1. The third-order valence-electron chi connectivity index (χ3n) is 4.03. The fourth-order valence-electron chi connectivity index (χ4n) is 2.82. The number of hydrogen-bond acceptors (Lipinski definition) is 3. The van der Waals surface area contributed by atoms with Crippen LogP contribution in [0.4, 0.5) is 11.4 Å². The molecule has 0 atom stereocenters. The van der Waals surface area contributed by atoms with Gasteiger partial charge in [0.1, 0.15) is 0 Å². The van der Waals surface area contributed by atoms with Crippen LogP contribution in [0.15, 0.2) is 60.7 Å². The van der Waals surface area contributed by atoms with E-state index < -0.39 is 0 Å². The predicted octanol–water partition coefficient (Wildman–Crippen LogP) is 3.92. The molecule has 1 aliphatic carbocycles. The standard InChI is InChI=1S/C18H19NO2/c1-21-17(20)14-18(12-13-18)19(15-8-4-2-5-9-15)16-10-6-3-7-11-16/h2-11H,12-14H2,1H3. The van der Waals surface area contributed by atoms with Crippen LogP contribution in [-0.4, -0.2) is 18.6 Å². The van der Waals surface area contributed by atoms with Gasteiger partial charge in [0.15, 0.2) is 0 Å². The Morgan fingerprint density at radius 3 is 1.86 bits per heavy atom. The van der Waals surface area contributed by atoms with E-state index in [9.17, 15) is 4.79 Å². The van der Waals surface area contributed by atoms with Crippen molar-refractivity contribution in [1.82, 2.24) is 0 Å². The molecule has 0 N–H and O–H groups in total. The van der Waals surface area contributed by atoms with Crippen LogP contribution in [0.2, 0.25) is 0 Å². The first-order valence-corrected chi connectivity index (χ1v) is 7.22. The van der Waals surface area contributed by atoms with Crippen molar-refractivity contribution >= 4 is 17.3 Å². The molecule has 1 fully saturated rings. The average molecular weight is 281 g/mol. The van der Waals surface area contributed by atoms with E-state index >= 15 is 0 Å². The van der Waals surface area contributed by atoms with Crippen LogP contribution in [0.25, 0.3) is 0 Å². The summed E-state index contributed by atoms with van der Waals surface area (Å²) >= 11 is 0. The number of carbonyl (C=O) groups is 1. The topological polar surface area (TPSA) is 29.5 Å². The fourth-order valence-corrected chi connectivity index (χ4v) is 2.82. The van der Waals surface area contributed by atoms with Gasteiger partial charge in [0.2, 0.25) is 0 Å². The number of esters is 1. The van der Waals surface area contributed by atoms with Gasteiger partial charge in [0.25, 0.3) is 0 Å². The van der Waals surface area contributed by atoms with Gasteiger partial charge in [-0.2, -0.15) is 0 Å². The zero-order chi connectivity index (χ0) is 14.7. The van der Waals surface area contributed by atoms with Crippen LogP contribution in [0.5, 0.6) is 0 Å². The first kappa shape index (κ1) is 13.7. The van der Waals surface area contributed by atoms with Crippen molar-refractivity contribution in [1.29, 1.82) is 0 Å². The number of hydrogen-bond donors (Lipinski definition) is 0. The minimum Gasteiger partial charge on any atom is -0.469 e. The molecular formula is C18H19NO2. The van der Waals surface area contributed by atoms with Crippen LogP contribution >= 0.6 is 0 Å². The number of methoxy groups -OCH3 is 1. The average Bonchev–Trinajstić information content (AvgIpc) is 3.29. The summed E-state index contributed by atoms with van der Waals surface area (Å²) in [6, 6.07) is 20.5. The third-order valence-corrected chi connectivity index (χ3v) is 4.03. The molecule has 0 unspecified atom stereocenters. The number of benzene rings is 2. The summed E-state index contributed by atoms with van der Waals surface area (Å²) in [7, 11) is 1.45. The number of carbonyl (C=O) groups excluding carboxylic acids is 1. The van der Waals surface area contributed by atoms with Crippen molar-refractivity contribution in [2.45, 2.75) is 24.8 Å². The lowest BCUT2D eigenvalue weighted by Gasteiger charge is -2.33. The van der Waals surface area contributed by atoms with Crippen molar-refractivity contribution in [3.05, 3.63) is 60.7 Å². The maximum absolute atomic E-state index is 11.8. The molecule has 1 aliphatic rings. The number of para-hydroxylation sites is 2. The molecule has 3 rings (SSSR count). The normalized spacial score (nSPS) is 15.3. The van der Waals surface area contributed by atoms with E-state index in [1.54, 1.807) is 0 Å². The fraction of sp³-hybridized carbons (Fsp3) is 0.278. The molecule has 0 aliphatic heterocycles. The lowest BCUT2D eigenvalue weighted by atomic mass is 10.1. The summed E-state index contributed by atoms with van der Waals surface area (Å²) in [5, 5.41) is 0. The van der Waals surface area contributed by atoms with E-state index in [-0.39, 0.29) is 11.5 Å². The van der Waals surface area contributed by atoms with Gasteiger partial charge in [0.05, 0.1) is 19.1 Å². The van der Waals surface area contributed by atoms with E-state index in [2.05, 4.69) is 29.2 Å². The molecule has 0 radical (unpaired) electrons. The Balaban J connectivity index is 2.00. The second-order valence-corrected chi connectivity index (χ2v) is 5.48. The summed E-state index contributed by atoms with van der Waals surface area (Å²) in [4.78, 5) is 14.1. The first-order valence-electron chi connectivity index (χ1n) is 7.22. The van der Waals surface area contributed by atoms with E-state index in [0.29, 0.717) is 6.42 Å².